The zero-order valence-corrected chi connectivity index (χ0v) is 11.6. The van der Waals surface area contributed by atoms with Crippen LogP contribution in [0, 0.1) is 0 Å². The van der Waals surface area contributed by atoms with E-state index < -0.39 is 0 Å². The van der Waals surface area contributed by atoms with E-state index in [1.165, 1.54) is 17.3 Å². The molecule has 0 aromatic carbocycles. The maximum absolute atomic E-state index is 5.67. The third-order valence-corrected chi connectivity index (χ3v) is 3.04. The Bertz CT molecular complexity index is 514. The third-order valence-electron chi connectivity index (χ3n) is 2.40. The fourth-order valence-electron chi connectivity index (χ4n) is 1.45. The zero-order valence-electron chi connectivity index (χ0n) is 10.8. The van der Waals surface area contributed by atoms with Crippen LogP contribution in [0.5, 0.6) is 0 Å². The minimum atomic E-state index is 0.153. The molecule has 9 heteroatoms. The number of hydrogen-bond donors (Lipinski definition) is 2. The van der Waals surface area contributed by atoms with Gasteiger partial charge in [-0.1, -0.05) is 0 Å². The number of nitrogens with zero attached hydrogens (tertiary/aromatic N) is 6. The molecule has 0 saturated carbocycles. The third kappa shape index (κ3) is 3.78. The van der Waals surface area contributed by atoms with Crippen molar-refractivity contribution in [1.29, 1.82) is 0 Å². The molecule has 0 spiro atoms. The van der Waals surface area contributed by atoms with Crippen LogP contribution in [-0.4, -0.2) is 47.8 Å². The van der Waals surface area contributed by atoms with Gasteiger partial charge in [-0.05, 0) is 25.4 Å². The maximum atomic E-state index is 5.67. The first kappa shape index (κ1) is 13.5. The lowest BCUT2D eigenvalue weighted by atomic mass is 10.3. The Labute approximate surface area is 115 Å². The molecule has 8 nitrogen and oxygen atoms in total. The van der Waals surface area contributed by atoms with Crippen molar-refractivity contribution in [3.63, 3.8) is 0 Å². The first-order valence-electron chi connectivity index (χ1n) is 5.81. The highest BCUT2D eigenvalue weighted by molar-refractivity contribution is 7.98. The number of nitrogens with two attached hydrogens (primary N) is 1. The van der Waals surface area contributed by atoms with Crippen molar-refractivity contribution in [1.82, 2.24) is 29.7 Å². The summed E-state index contributed by atoms with van der Waals surface area (Å²) in [5.74, 6) is 2.03. The first-order valence-corrected chi connectivity index (χ1v) is 7.20. The van der Waals surface area contributed by atoms with Gasteiger partial charge in [-0.2, -0.15) is 36.5 Å². The van der Waals surface area contributed by atoms with Crippen molar-refractivity contribution in [3.8, 4) is 5.95 Å². The molecular formula is C10H16N8S. The molecule has 3 N–H and O–H groups in total. The highest BCUT2D eigenvalue weighted by Crippen LogP contribution is 2.09. The van der Waals surface area contributed by atoms with Gasteiger partial charge in [0.25, 0.3) is 5.95 Å². The second kappa shape index (κ2) is 6.32. The second-order valence-electron chi connectivity index (χ2n) is 3.98. The largest absolute Gasteiger partial charge is 0.368 e. The molecule has 0 aliphatic rings. The molecular weight excluding hydrogens is 264 g/mol. The van der Waals surface area contributed by atoms with Gasteiger partial charge in [0.1, 0.15) is 12.7 Å². The molecule has 0 bridgehead atoms. The van der Waals surface area contributed by atoms with E-state index in [2.05, 4.69) is 43.5 Å². The summed E-state index contributed by atoms with van der Waals surface area (Å²) < 4.78 is 1.44. The highest BCUT2D eigenvalue weighted by Gasteiger charge is 2.09. The first-order chi connectivity index (χ1) is 9.19. The summed E-state index contributed by atoms with van der Waals surface area (Å²) in [6.07, 6.45) is 6.02. The van der Waals surface area contributed by atoms with E-state index in [1.807, 2.05) is 0 Å². The lowest BCUT2D eigenvalue weighted by Crippen LogP contribution is -2.19. The van der Waals surface area contributed by atoms with E-state index in [0.29, 0.717) is 11.9 Å². The quantitative estimate of drug-likeness (QED) is 0.791. The fraction of sp³-hybridized carbons (Fsp3) is 0.500. The van der Waals surface area contributed by atoms with Gasteiger partial charge in [0.05, 0.1) is 0 Å². The van der Waals surface area contributed by atoms with Crippen LogP contribution in [0.4, 0.5) is 11.9 Å². The van der Waals surface area contributed by atoms with E-state index in [1.54, 1.807) is 11.8 Å². The molecule has 2 aromatic rings. The van der Waals surface area contributed by atoms with E-state index in [0.717, 1.165) is 12.2 Å². The summed E-state index contributed by atoms with van der Waals surface area (Å²) in [5.41, 5.74) is 5.67. The monoisotopic (exact) mass is 280 g/mol. The fourth-order valence-corrected chi connectivity index (χ4v) is 2.04. The van der Waals surface area contributed by atoms with Crippen molar-refractivity contribution < 1.29 is 0 Å². The smallest absolute Gasteiger partial charge is 0.258 e. The predicted octanol–water partition coefficient (Wildman–Crippen LogP) is 0.588. The Morgan fingerprint density at radius 2 is 2.26 bits per heavy atom. The van der Waals surface area contributed by atoms with Gasteiger partial charge in [0.2, 0.25) is 11.9 Å². The van der Waals surface area contributed by atoms with E-state index in [9.17, 15) is 0 Å². The highest BCUT2D eigenvalue weighted by atomic mass is 32.2. The number of anilines is 2. The molecule has 1 unspecified atom stereocenters. The number of hydrogen-bond acceptors (Lipinski definition) is 8. The summed E-state index contributed by atoms with van der Waals surface area (Å²) in [7, 11) is 0. The minimum Gasteiger partial charge on any atom is -0.368 e. The Morgan fingerprint density at radius 1 is 1.42 bits per heavy atom. The Kier molecular flexibility index (Phi) is 4.50. The molecule has 102 valence electrons. The average Bonchev–Trinajstić information content (AvgIpc) is 2.89. The number of thioether (sulfide) groups is 1. The van der Waals surface area contributed by atoms with Crippen LogP contribution in [0.2, 0.25) is 0 Å². The molecule has 1 atom stereocenters. The molecule has 2 heterocycles. The van der Waals surface area contributed by atoms with E-state index in [-0.39, 0.29) is 12.0 Å². The van der Waals surface area contributed by atoms with Crippen LogP contribution < -0.4 is 11.1 Å². The average molecular weight is 280 g/mol. The van der Waals surface area contributed by atoms with Crippen LogP contribution >= 0.6 is 11.8 Å². The van der Waals surface area contributed by atoms with Gasteiger partial charge >= 0.3 is 0 Å². The van der Waals surface area contributed by atoms with Crippen molar-refractivity contribution in [2.75, 3.05) is 23.1 Å². The molecule has 2 rings (SSSR count). The van der Waals surface area contributed by atoms with Gasteiger partial charge < -0.3 is 11.1 Å². The van der Waals surface area contributed by atoms with E-state index in [4.69, 9.17) is 5.73 Å². The molecule has 0 saturated heterocycles. The Hall–Kier alpha value is -1.90. The van der Waals surface area contributed by atoms with Crippen LogP contribution in [0.15, 0.2) is 12.7 Å². The topological polar surface area (TPSA) is 107 Å². The summed E-state index contributed by atoms with van der Waals surface area (Å²) in [6, 6.07) is 0.262. The molecule has 0 amide bonds. The van der Waals surface area contributed by atoms with Crippen molar-refractivity contribution in [3.05, 3.63) is 12.7 Å². The summed E-state index contributed by atoms with van der Waals surface area (Å²) in [4.78, 5) is 16.2. The summed E-state index contributed by atoms with van der Waals surface area (Å²) >= 11 is 1.80. The lowest BCUT2D eigenvalue weighted by Gasteiger charge is -2.13. The van der Waals surface area contributed by atoms with Crippen molar-refractivity contribution in [2.45, 2.75) is 19.4 Å². The minimum absolute atomic E-state index is 0.153. The molecule has 0 fully saturated rings. The molecule has 0 aliphatic heterocycles. The number of nitrogens with one attached hydrogen (secondary N) is 1. The van der Waals surface area contributed by atoms with Gasteiger partial charge in [-0.25, -0.2) is 4.98 Å². The number of aromatic nitrogens is 6. The van der Waals surface area contributed by atoms with Crippen LogP contribution in [0.3, 0.4) is 0 Å². The standard InChI is InChI=1S/C10H16N8S/c1-7(3-4-19-2)14-9-15-8(11)16-10(17-9)18-6-12-5-13-18/h5-7H,3-4H2,1-2H3,(H3,11,14,15,16,17). The van der Waals surface area contributed by atoms with Gasteiger partial charge in [-0.15, -0.1) is 0 Å². The normalized spacial score (nSPS) is 12.3. The van der Waals surface area contributed by atoms with Crippen LogP contribution in [0.1, 0.15) is 13.3 Å². The number of nitrogen functional groups attached to an aromatic ring is 1. The molecule has 2 aromatic heterocycles. The van der Waals surface area contributed by atoms with Gasteiger partial charge in [0, 0.05) is 6.04 Å². The molecule has 0 radical (unpaired) electrons. The maximum Gasteiger partial charge on any atom is 0.258 e. The molecule has 19 heavy (non-hydrogen) atoms. The predicted molar refractivity (Wildman–Crippen MR) is 75.2 cm³/mol. The Morgan fingerprint density at radius 3 is 2.95 bits per heavy atom. The zero-order chi connectivity index (χ0) is 13.7. The lowest BCUT2D eigenvalue weighted by molar-refractivity contribution is 0.746. The van der Waals surface area contributed by atoms with Crippen LogP contribution in [0.25, 0.3) is 5.95 Å². The van der Waals surface area contributed by atoms with Crippen LogP contribution in [-0.2, 0) is 0 Å². The van der Waals surface area contributed by atoms with Crippen molar-refractivity contribution >= 4 is 23.7 Å². The summed E-state index contributed by atoms with van der Waals surface area (Å²) in [5, 5.41) is 7.17. The Balaban J connectivity index is 2.13. The van der Waals surface area contributed by atoms with Crippen molar-refractivity contribution in [2.24, 2.45) is 0 Å². The summed E-state index contributed by atoms with van der Waals surface area (Å²) in [6.45, 7) is 2.07. The number of rotatable bonds is 6. The molecule has 0 aliphatic carbocycles. The van der Waals surface area contributed by atoms with E-state index >= 15 is 0 Å². The van der Waals surface area contributed by atoms with Gasteiger partial charge in [-0.3, -0.25) is 0 Å². The SMILES string of the molecule is CSCCC(C)Nc1nc(N)nc(-n2cncn2)n1. The second-order valence-corrected chi connectivity index (χ2v) is 4.97. The van der Waals surface area contributed by atoms with Gasteiger partial charge in [0.15, 0.2) is 0 Å².